The van der Waals surface area contributed by atoms with Crippen LogP contribution in [-0.4, -0.2) is 37.1 Å². The first-order valence-electron chi connectivity index (χ1n) is 7.79. The van der Waals surface area contributed by atoms with Crippen molar-refractivity contribution in [3.63, 3.8) is 0 Å². The zero-order valence-electron chi connectivity index (χ0n) is 11.4. The molecule has 2 nitrogen and oxygen atoms in total. The lowest BCUT2D eigenvalue weighted by Gasteiger charge is -2.30. The van der Waals surface area contributed by atoms with E-state index in [4.69, 9.17) is 0 Å². The molecule has 2 saturated carbocycles. The second-order valence-electron chi connectivity index (χ2n) is 6.54. The Morgan fingerprint density at radius 1 is 1.18 bits per heavy atom. The summed E-state index contributed by atoms with van der Waals surface area (Å²) in [7, 11) is 0. The summed E-state index contributed by atoms with van der Waals surface area (Å²) in [6.07, 6.45) is 10.3. The van der Waals surface area contributed by atoms with E-state index in [2.05, 4.69) is 17.1 Å². The highest BCUT2D eigenvalue weighted by Gasteiger charge is 2.54. The summed E-state index contributed by atoms with van der Waals surface area (Å²) in [5, 5.41) is 3.51. The van der Waals surface area contributed by atoms with E-state index in [1.165, 1.54) is 71.1 Å². The molecule has 0 radical (unpaired) electrons. The van der Waals surface area contributed by atoms with Crippen molar-refractivity contribution in [3.8, 4) is 0 Å². The summed E-state index contributed by atoms with van der Waals surface area (Å²) in [5.74, 6) is 1.03. The van der Waals surface area contributed by atoms with E-state index in [1.807, 2.05) is 0 Å². The fourth-order valence-electron chi connectivity index (χ4n) is 4.32. The van der Waals surface area contributed by atoms with Gasteiger partial charge in [-0.25, -0.2) is 0 Å². The van der Waals surface area contributed by atoms with Gasteiger partial charge in [0.2, 0.25) is 0 Å². The summed E-state index contributed by atoms with van der Waals surface area (Å²) in [5.41, 5.74) is 0.775. The molecule has 1 saturated heterocycles. The van der Waals surface area contributed by atoms with Crippen LogP contribution in [0.4, 0.5) is 0 Å². The Morgan fingerprint density at radius 2 is 1.88 bits per heavy atom. The summed E-state index contributed by atoms with van der Waals surface area (Å²) in [6.45, 7) is 7.57. The lowest BCUT2D eigenvalue weighted by atomic mass is 9.91. The Hall–Kier alpha value is -0.0800. The van der Waals surface area contributed by atoms with Gasteiger partial charge < -0.3 is 10.2 Å². The van der Waals surface area contributed by atoms with Crippen LogP contribution in [0, 0.1) is 11.3 Å². The molecule has 0 aromatic rings. The SMILES string of the molecule is CCN(CC1CC12CCNCC2)C1CCCC1. The lowest BCUT2D eigenvalue weighted by Crippen LogP contribution is -2.37. The number of nitrogens with one attached hydrogen (secondary N) is 1. The highest BCUT2D eigenvalue weighted by Crippen LogP contribution is 2.58. The molecule has 17 heavy (non-hydrogen) atoms. The van der Waals surface area contributed by atoms with Crippen molar-refractivity contribution in [2.75, 3.05) is 26.2 Å². The van der Waals surface area contributed by atoms with Crippen molar-refractivity contribution in [1.82, 2.24) is 10.2 Å². The molecule has 3 fully saturated rings. The van der Waals surface area contributed by atoms with E-state index in [0.29, 0.717) is 0 Å². The average Bonchev–Trinajstić information content (AvgIpc) is 2.83. The van der Waals surface area contributed by atoms with Crippen LogP contribution >= 0.6 is 0 Å². The molecular formula is C15H28N2. The van der Waals surface area contributed by atoms with Crippen molar-refractivity contribution in [3.05, 3.63) is 0 Å². The Morgan fingerprint density at radius 3 is 2.53 bits per heavy atom. The van der Waals surface area contributed by atoms with Crippen molar-refractivity contribution in [2.45, 2.75) is 57.9 Å². The molecule has 98 valence electrons. The van der Waals surface area contributed by atoms with Gasteiger partial charge in [0.05, 0.1) is 0 Å². The second-order valence-corrected chi connectivity index (χ2v) is 6.54. The van der Waals surface area contributed by atoms with E-state index < -0.39 is 0 Å². The predicted molar refractivity (Wildman–Crippen MR) is 72.1 cm³/mol. The maximum atomic E-state index is 3.51. The van der Waals surface area contributed by atoms with Gasteiger partial charge in [0.25, 0.3) is 0 Å². The molecule has 1 heterocycles. The first-order valence-corrected chi connectivity index (χ1v) is 7.79. The van der Waals surface area contributed by atoms with Crippen LogP contribution in [0.5, 0.6) is 0 Å². The summed E-state index contributed by atoms with van der Waals surface area (Å²) < 4.78 is 0. The van der Waals surface area contributed by atoms with Gasteiger partial charge in [-0.1, -0.05) is 19.8 Å². The molecule has 1 aliphatic heterocycles. The maximum absolute atomic E-state index is 3.51. The van der Waals surface area contributed by atoms with Gasteiger partial charge >= 0.3 is 0 Å². The third-order valence-electron chi connectivity index (χ3n) is 5.66. The van der Waals surface area contributed by atoms with Crippen LogP contribution < -0.4 is 5.32 Å². The van der Waals surface area contributed by atoms with Crippen LogP contribution in [0.1, 0.15) is 51.9 Å². The number of rotatable bonds is 4. The number of nitrogens with zero attached hydrogens (tertiary/aromatic N) is 1. The van der Waals surface area contributed by atoms with Crippen molar-refractivity contribution < 1.29 is 0 Å². The van der Waals surface area contributed by atoms with Crippen molar-refractivity contribution in [2.24, 2.45) is 11.3 Å². The average molecular weight is 236 g/mol. The normalized spacial score (nSPS) is 32.5. The molecule has 0 aromatic carbocycles. The molecule has 0 aromatic heterocycles. The summed E-state index contributed by atoms with van der Waals surface area (Å²) >= 11 is 0. The third kappa shape index (κ3) is 2.39. The molecule has 1 unspecified atom stereocenters. The molecule has 1 spiro atoms. The Labute approximate surface area is 106 Å². The summed E-state index contributed by atoms with van der Waals surface area (Å²) in [6, 6.07) is 0.930. The maximum Gasteiger partial charge on any atom is 0.00952 e. The highest BCUT2D eigenvalue weighted by atomic mass is 15.2. The quantitative estimate of drug-likeness (QED) is 0.807. The first-order chi connectivity index (χ1) is 8.34. The molecule has 1 N–H and O–H groups in total. The van der Waals surface area contributed by atoms with Gasteiger partial charge in [0.1, 0.15) is 0 Å². The number of hydrogen-bond donors (Lipinski definition) is 1. The van der Waals surface area contributed by atoms with Gasteiger partial charge in [-0.15, -0.1) is 0 Å². The van der Waals surface area contributed by atoms with E-state index >= 15 is 0 Å². The lowest BCUT2D eigenvalue weighted by molar-refractivity contribution is 0.181. The molecule has 1 atom stereocenters. The van der Waals surface area contributed by atoms with Crippen molar-refractivity contribution >= 4 is 0 Å². The standard InChI is InChI=1S/C15H28N2/c1-2-17(14-5-3-4-6-14)12-13-11-15(13)7-9-16-10-8-15/h13-14,16H,2-12H2,1H3. The van der Waals surface area contributed by atoms with Crippen LogP contribution in [0.25, 0.3) is 0 Å². The predicted octanol–water partition coefficient (Wildman–Crippen LogP) is 2.64. The number of piperidine rings is 1. The minimum absolute atomic E-state index is 0.775. The zero-order valence-corrected chi connectivity index (χ0v) is 11.4. The topological polar surface area (TPSA) is 15.3 Å². The van der Waals surface area contributed by atoms with Gasteiger partial charge in [-0.3, -0.25) is 0 Å². The van der Waals surface area contributed by atoms with Gasteiger partial charge in [-0.2, -0.15) is 0 Å². The van der Waals surface area contributed by atoms with E-state index in [9.17, 15) is 0 Å². The Kier molecular flexibility index (Phi) is 3.45. The minimum Gasteiger partial charge on any atom is -0.317 e. The minimum atomic E-state index is 0.775. The zero-order chi connectivity index (χ0) is 11.7. The van der Waals surface area contributed by atoms with Gasteiger partial charge in [0.15, 0.2) is 0 Å². The highest BCUT2D eigenvalue weighted by molar-refractivity contribution is 5.05. The third-order valence-corrected chi connectivity index (χ3v) is 5.66. The fraction of sp³-hybridized carbons (Fsp3) is 1.00. The Bertz CT molecular complexity index is 252. The largest absolute Gasteiger partial charge is 0.317 e. The molecule has 0 amide bonds. The molecular weight excluding hydrogens is 208 g/mol. The molecule has 3 rings (SSSR count). The molecule has 2 heteroatoms. The van der Waals surface area contributed by atoms with E-state index in [-0.39, 0.29) is 0 Å². The van der Waals surface area contributed by atoms with Crippen LogP contribution in [0.3, 0.4) is 0 Å². The van der Waals surface area contributed by atoms with Crippen LogP contribution in [0.15, 0.2) is 0 Å². The van der Waals surface area contributed by atoms with Crippen LogP contribution in [0.2, 0.25) is 0 Å². The summed E-state index contributed by atoms with van der Waals surface area (Å²) in [4.78, 5) is 2.80. The van der Waals surface area contributed by atoms with E-state index in [1.54, 1.807) is 0 Å². The monoisotopic (exact) mass is 236 g/mol. The smallest absolute Gasteiger partial charge is 0.00952 e. The molecule has 2 aliphatic carbocycles. The van der Waals surface area contributed by atoms with E-state index in [0.717, 1.165) is 17.4 Å². The molecule has 0 bridgehead atoms. The first kappa shape index (κ1) is 12.0. The van der Waals surface area contributed by atoms with Crippen molar-refractivity contribution in [1.29, 1.82) is 0 Å². The fourth-order valence-corrected chi connectivity index (χ4v) is 4.32. The Balaban J connectivity index is 1.52. The van der Waals surface area contributed by atoms with Gasteiger partial charge in [0, 0.05) is 12.6 Å². The second kappa shape index (κ2) is 4.89. The number of hydrogen-bond acceptors (Lipinski definition) is 2. The van der Waals surface area contributed by atoms with Gasteiger partial charge in [-0.05, 0) is 63.1 Å². The molecule has 3 aliphatic rings. The van der Waals surface area contributed by atoms with Crippen LogP contribution in [-0.2, 0) is 0 Å².